The second kappa shape index (κ2) is 8.60. The van der Waals surface area contributed by atoms with Crippen LogP contribution in [-0.4, -0.2) is 23.9 Å². The Morgan fingerprint density at radius 2 is 1.83 bits per heavy atom. The van der Waals surface area contributed by atoms with Crippen molar-refractivity contribution in [1.82, 2.24) is 0 Å². The van der Waals surface area contributed by atoms with Crippen LogP contribution in [0.15, 0.2) is 82.5 Å². The lowest BCUT2D eigenvalue weighted by Gasteiger charge is -2.27. The Morgan fingerprint density at radius 1 is 1.11 bits per heavy atom. The number of nitrogens with zero attached hydrogens (tertiary/aromatic N) is 1. The van der Waals surface area contributed by atoms with Gasteiger partial charge in [-0.05, 0) is 37.3 Å². The summed E-state index contributed by atoms with van der Waals surface area (Å²) in [5.74, 6) is -2.80. The van der Waals surface area contributed by atoms with Crippen molar-refractivity contribution in [2.24, 2.45) is 0 Å². The van der Waals surface area contributed by atoms with Gasteiger partial charge >= 0.3 is 0 Å². The lowest BCUT2D eigenvalue weighted by atomic mass is 9.94. The van der Waals surface area contributed by atoms with Gasteiger partial charge in [0.15, 0.2) is 22.9 Å². The van der Waals surface area contributed by atoms with Gasteiger partial charge in [-0.3, -0.25) is 14.5 Å². The van der Waals surface area contributed by atoms with E-state index >= 15 is 0 Å². The maximum absolute atomic E-state index is 15.0. The molecule has 1 aromatic heterocycles. The number of furan rings is 1. The Labute approximate surface area is 204 Å². The molecule has 1 aliphatic rings. The van der Waals surface area contributed by atoms with Crippen molar-refractivity contribution in [1.29, 1.82) is 0 Å². The quantitative estimate of drug-likeness (QED) is 0.330. The van der Waals surface area contributed by atoms with Gasteiger partial charge in [0.2, 0.25) is 5.78 Å². The number of carbonyl (C=O) groups is 2. The number of rotatable bonds is 5. The lowest BCUT2D eigenvalue weighted by Crippen LogP contribution is -2.31. The summed E-state index contributed by atoms with van der Waals surface area (Å²) in [6.45, 7) is 1.89. The van der Waals surface area contributed by atoms with E-state index < -0.39 is 29.3 Å². The topological polar surface area (TPSA) is 80.0 Å². The lowest BCUT2D eigenvalue weighted by molar-refractivity contribution is -0.117. The van der Waals surface area contributed by atoms with Gasteiger partial charge in [0.05, 0.1) is 18.7 Å². The van der Waals surface area contributed by atoms with E-state index in [1.54, 1.807) is 42.5 Å². The predicted octanol–water partition coefficient (Wildman–Crippen LogP) is 6.33. The fourth-order valence-electron chi connectivity index (χ4n) is 4.28. The predicted molar refractivity (Wildman–Crippen MR) is 130 cm³/mol. The van der Waals surface area contributed by atoms with Gasteiger partial charge in [-0.15, -0.1) is 0 Å². The number of anilines is 1. The minimum atomic E-state index is -1.21. The molecule has 8 heteroatoms. The molecule has 4 aromatic rings. The summed E-state index contributed by atoms with van der Waals surface area (Å²) in [5.41, 5.74) is 1.41. The largest absolute Gasteiger partial charge is 0.503 e. The number of hydrogen-bond acceptors (Lipinski definition) is 5. The summed E-state index contributed by atoms with van der Waals surface area (Å²) < 4.78 is 26.1. The van der Waals surface area contributed by atoms with Crippen molar-refractivity contribution in [2.45, 2.75) is 13.0 Å². The molecule has 0 saturated carbocycles. The molecule has 35 heavy (non-hydrogen) atoms. The van der Waals surface area contributed by atoms with E-state index in [1.807, 2.05) is 6.92 Å². The molecule has 1 aliphatic heterocycles. The van der Waals surface area contributed by atoms with Crippen LogP contribution >= 0.6 is 11.6 Å². The number of ether oxygens (including phenoxy) is 1. The van der Waals surface area contributed by atoms with Crippen molar-refractivity contribution in [2.75, 3.05) is 12.0 Å². The SMILES string of the molecule is COc1cc(Cl)cc2cc(C(=O)C3=C(O)C(=O)N(c4ccc(C)cc4)C3c3ccccc3F)oc12. The second-order valence-corrected chi connectivity index (χ2v) is 8.60. The average molecular weight is 492 g/mol. The number of amides is 1. The van der Waals surface area contributed by atoms with Crippen molar-refractivity contribution in [3.8, 4) is 5.75 Å². The number of methoxy groups -OCH3 is 1. The molecular weight excluding hydrogens is 473 g/mol. The van der Waals surface area contributed by atoms with Gasteiger partial charge in [-0.25, -0.2) is 4.39 Å². The van der Waals surface area contributed by atoms with Crippen LogP contribution in [-0.2, 0) is 4.79 Å². The van der Waals surface area contributed by atoms with Gasteiger partial charge in [-0.1, -0.05) is 47.5 Å². The molecule has 0 radical (unpaired) electrons. The molecule has 6 nitrogen and oxygen atoms in total. The molecule has 1 atom stereocenters. The second-order valence-electron chi connectivity index (χ2n) is 8.16. The number of aliphatic hydroxyl groups excluding tert-OH is 1. The zero-order valence-corrected chi connectivity index (χ0v) is 19.5. The molecular formula is C27H19ClFNO5. The van der Waals surface area contributed by atoms with Crippen LogP contribution in [0.2, 0.25) is 5.02 Å². The summed E-state index contributed by atoms with van der Waals surface area (Å²) >= 11 is 6.13. The van der Waals surface area contributed by atoms with E-state index in [-0.39, 0.29) is 22.5 Å². The van der Waals surface area contributed by atoms with Crippen LogP contribution in [0, 0.1) is 12.7 Å². The van der Waals surface area contributed by atoms with E-state index in [0.717, 1.165) is 5.56 Å². The molecule has 0 fully saturated rings. The van der Waals surface area contributed by atoms with Crippen molar-refractivity contribution >= 4 is 39.9 Å². The van der Waals surface area contributed by atoms with Crippen molar-refractivity contribution in [3.05, 3.63) is 106 Å². The third-order valence-electron chi connectivity index (χ3n) is 5.96. The summed E-state index contributed by atoms with van der Waals surface area (Å²) in [7, 11) is 1.44. The minimum absolute atomic E-state index is 0.0607. The number of halogens is 2. The monoisotopic (exact) mass is 491 g/mol. The fraction of sp³-hybridized carbons (Fsp3) is 0.111. The average Bonchev–Trinajstić information content (AvgIpc) is 3.38. The number of fused-ring (bicyclic) bond motifs is 1. The smallest absolute Gasteiger partial charge is 0.294 e. The molecule has 0 spiro atoms. The highest BCUT2D eigenvalue weighted by Crippen LogP contribution is 2.43. The van der Waals surface area contributed by atoms with Crippen molar-refractivity contribution in [3.63, 3.8) is 0 Å². The molecule has 0 saturated heterocycles. The van der Waals surface area contributed by atoms with Crippen LogP contribution in [0.25, 0.3) is 11.0 Å². The van der Waals surface area contributed by atoms with E-state index in [0.29, 0.717) is 21.8 Å². The normalized spacial score (nSPS) is 15.8. The number of Topliss-reactive ketones (excluding diaryl/α,β-unsaturated/α-hetero) is 1. The number of benzene rings is 3. The number of carbonyl (C=O) groups excluding carboxylic acids is 2. The molecule has 0 aliphatic carbocycles. The first-order valence-electron chi connectivity index (χ1n) is 10.7. The molecule has 3 aromatic carbocycles. The molecule has 0 bridgehead atoms. The Balaban J connectivity index is 1.68. The standard InChI is InChI=1S/C27H19ClFNO5/c1-14-7-9-17(10-8-14)30-23(18-5-3-4-6-19(18)29)22(25(32)27(30)33)24(31)20-12-15-11-16(28)13-21(34-2)26(15)35-20/h3-13,23,32H,1-2H3. The number of ketones is 1. The first-order valence-corrected chi connectivity index (χ1v) is 11.1. The minimum Gasteiger partial charge on any atom is -0.503 e. The van der Waals surface area contributed by atoms with Gasteiger partial charge < -0.3 is 14.3 Å². The molecule has 1 amide bonds. The maximum atomic E-state index is 15.0. The highest BCUT2D eigenvalue weighted by Gasteiger charge is 2.46. The Kier molecular flexibility index (Phi) is 5.57. The third kappa shape index (κ3) is 3.74. The summed E-state index contributed by atoms with van der Waals surface area (Å²) in [5, 5.41) is 11.8. The van der Waals surface area contributed by atoms with Gasteiger partial charge in [0.1, 0.15) is 5.82 Å². The van der Waals surface area contributed by atoms with Crippen LogP contribution in [0.5, 0.6) is 5.75 Å². The van der Waals surface area contributed by atoms with Crippen LogP contribution < -0.4 is 9.64 Å². The van der Waals surface area contributed by atoms with Crippen LogP contribution in [0.4, 0.5) is 10.1 Å². The molecule has 1 N–H and O–H groups in total. The molecule has 176 valence electrons. The van der Waals surface area contributed by atoms with Gasteiger partial charge in [0, 0.05) is 27.7 Å². The van der Waals surface area contributed by atoms with E-state index in [4.69, 9.17) is 20.8 Å². The summed E-state index contributed by atoms with van der Waals surface area (Å²) in [4.78, 5) is 28.1. The van der Waals surface area contributed by atoms with Crippen LogP contribution in [0.3, 0.4) is 0 Å². The summed E-state index contributed by atoms with van der Waals surface area (Å²) in [6.07, 6.45) is 0. The Morgan fingerprint density at radius 3 is 2.51 bits per heavy atom. The number of hydrogen-bond donors (Lipinski definition) is 1. The number of aryl methyl sites for hydroxylation is 1. The number of aliphatic hydroxyl groups is 1. The first-order chi connectivity index (χ1) is 16.8. The highest BCUT2D eigenvalue weighted by atomic mass is 35.5. The van der Waals surface area contributed by atoms with Gasteiger partial charge in [-0.2, -0.15) is 0 Å². The fourth-order valence-corrected chi connectivity index (χ4v) is 4.50. The van der Waals surface area contributed by atoms with E-state index in [2.05, 4.69) is 0 Å². The first kappa shape index (κ1) is 22.7. The third-order valence-corrected chi connectivity index (χ3v) is 6.17. The zero-order chi connectivity index (χ0) is 24.9. The molecule has 1 unspecified atom stereocenters. The van der Waals surface area contributed by atoms with E-state index in [9.17, 15) is 19.1 Å². The Hall–Kier alpha value is -4.10. The highest BCUT2D eigenvalue weighted by molar-refractivity contribution is 6.31. The maximum Gasteiger partial charge on any atom is 0.294 e. The van der Waals surface area contributed by atoms with E-state index in [1.165, 1.54) is 36.3 Å². The molecule has 5 rings (SSSR count). The zero-order valence-electron chi connectivity index (χ0n) is 18.7. The Bertz CT molecular complexity index is 1520. The van der Waals surface area contributed by atoms with Gasteiger partial charge in [0.25, 0.3) is 5.91 Å². The summed E-state index contributed by atoms with van der Waals surface area (Å²) in [6, 6.07) is 16.1. The molecule has 2 heterocycles. The van der Waals surface area contributed by atoms with Crippen molar-refractivity contribution < 1.29 is 28.2 Å². The van der Waals surface area contributed by atoms with Crippen LogP contribution in [0.1, 0.15) is 27.7 Å².